The van der Waals surface area contributed by atoms with Crippen molar-refractivity contribution in [3.05, 3.63) is 82.6 Å². The Morgan fingerprint density at radius 1 is 1.15 bits per heavy atom. The van der Waals surface area contributed by atoms with Crippen molar-refractivity contribution in [3.8, 4) is 5.75 Å². The van der Waals surface area contributed by atoms with Crippen molar-refractivity contribution >= 4 is 33.2 Å². The molecule has 0 bridgehead atoms. The molecule has 0 radical (unpaired) electrons. The van der Waals surface area contributed by atoms with Gasteiger partial charge in [-0.05, 0) is 64.4 Å². The number of aliphatic carboxylic acids is 1. The van der Waals surface area contributed by atoms with Crippen LogP contribution in [0.25, 0.3) is 10.1 Å². The minimum atomic E-state index is -0.817. The van der Waals surface area contributed by atoms with Crippen molar-refractivity contribution in [2.75, 3.05) is 19.0 Å². The monoisotopic (exact) mass is 461 g/mol. The van der Waals surface area contributed by atoms with Gasteiger partial charge in [0, 0.05) is 23.0 Å². The first kappa shape index (κ1) is 22.7. The van der Waals surface area contributed by atoms with Crippen LogP contribution in [0.2, 0.25) is 0 Å². The number of methoxy groups -OCH3 is 1. The number of carboxylic acids is 1. The maximum Gasteiger partial charge on any atom is 0.307 e. The lowest BCUT2D eigenvalue weighted by Gasteiger charge is -2.13. The molecule has 0 aliphatic rings. The smallest absolute Gasteiger partial charge is 0.307 e. The van der Waals surface area contributed by atoms with Crippen molar-refractivity contribution in [2.45, 2.75) is 32.1 Å². The van der Waals surface area contributed by atoms with Crippen LogP contribution < -0.4 is 10.1 Å². The molecule has 170 valence electrons. The van der Waals surface area contributed by atoms with E-state index in [1.54, 1.807) is 24.8 Å². The third-order valence-corrected chi connectivity index (χ3v) is 6.58. The molecule has 4 rings (SSSR count). The summed E-state index contributed by atoms with van der Waals surface area (Å²) in [6.45, 7) is 2.89. The fourth-order valence-electron chi connectivity index (χ4n) is 3.92. The van der Waals surface area contributed by atoms with Crippen molar-refractivity contribution in [1.29, 1.82) is 0 Å². The molecule has 0 fully saturated rings. The summed E-state index contributed by atoms with van der Waals surface area (Å²) >= 11 is 1.72. The SMILES string of the molecule is COc1cc2sccc2cc1CCNc1cc(CC(C)c2ccc(CC(=O)O)cc2)ncn1. The number of hydrogen-bond donors (Lipinski definition) is 2. The molecule has 0 aliphatic carbocycles. The Hall–Kier alpha value is -3.45. The summed E-state index contributed by atoms with van der Waals surface area (Å²) in [5.74, 6) is 1.16. The minimum Gasteiger partial charge on any atom is -0.496 e. The molecular weight excluding hydrogens is 434 g/mol. The number of nitrogens with one attached hydrogen (secondary N) is 1. The molecule has 0 spiro atoms. The lowest BCUT2D eigenvalue weighted by molar-refractivity contribution is -0.136. The van der Waals surface area contributed by atoms with E-state index in [9.17, 15) is 4.79 Å². The Morgan fingerprint density at radius 3 is 2.73 bits per heavy atom. The summed E-state index contributed by atoms with van der Waals surface area (Å²) in [7, 11) is 1.71. The number of rotatable bonds is 10. The van der Waals surface area contributed by atoms with E-state index in [1.165, 1.54) is 15.6 Å². The van der Waals surface area contributed by atoms with Crippen molar-refractivity contribution < 1.29 is 14.6 Å². The third kappa shape index (κ3) is 5.87. The first-order valence-corrected chi connectivity index (χ1v) is 11.8. The van der Waals surface area contributed by atoms with E-state index < -0.39 is 5.97 Å². The van der Waals surface area contributed by atoms with Crippen LogP contribution in [0.3, 0.4) is 0 Å². The Bertz CT molecular complexity index is 1240. The first-order valence-electron chi connectivity index (χ1n) is 10.9. The van der Waals surface area contributed by atoms with E-state index in [4.69, 9.17) is 9.84 Å². The van der Waals surface area contributed by atoms with Crippen molar-refractivity contribution in [1.82, 2.24) is 9.97 Å². The van der Waals surface area contributed by atoms with Gasteiger partial charge in [0.25, 0.3) is 0 Å². The van der Waals surface area contributed by atoms with Gasteiger partial charge in [-0.1, -0.05) is 31.2 Å². The standard InChI is InChI=1S/C26H27N3O3S/c1-17(19-5-3-18(4-6-19)12-26(30)31)11-22-14-25(29-16-28-22)27-9-7-20-13-21-8-10-33-24(21)15-23(20)32-2/h3-6,8,10,13-17H,7,9,11-12H2,1-2H3,(H,30,31)(H,27,28,29). The molecule has 0 saturated heterocycles. The number of anilines is 1. The molecule has 0 saturated carbocycles. The number of aromatic nitrogens is 2. The van der Waals surface area contributed by atoms with Crippen LogP contribution in [-0.4, -0.2) is 34.7 Å². The second-order valence-electron chi connectivity index (χ2n) is 8.11. The molecule has 7 heteroatoms. The number of benzene rings is 2. The second kappa shape index (κ2) is 10.4. The quantitative estimate of drug-likeness (QED) is 0.332. The van der Waals surface area contributed by atoms with Crippen molar-refractivity contribution in [2.24, 2.45) is 0 Å². The molecular formula is C26H27N3O3S. The zero-order valence-corrected chi connectivity index (χ0v) is 19.6. The van der Waals surface area contributed by atoms with Gasteiger partial charge in [0.05, 0.1) is 13.5 Å². The van der Waals surface area contributed by atoms with Crippen LogP contribution in [0, 0.1) is 0 Å². The van der Waals surface area contributed by atoms with Crippen LogP contribution in [0.5, 0.6) is 5.75 Å². The summed E-state index contributed by atoms with van der Waals surface area (Å²) in [6, 6.07) is 16.2. The molecule has 33 heavy (non-hydrogen) atoms. The van der Waals surface area contributed by atoms with Crippen molar-refractivity contribution in [3.63, 3.8) is 0 Å². The van der Waals surface area contributed by atoms with Crippen LogP contribution in [0.1, 0.15) is 35.2 Å². The largest absolute Gasteiger partial charge is 0.496 e. The van der Waals surface area contributed by atoms with E-state index in [1.807, 2.05) is 30.3 Å². The van der Waals surface area contributed by atoms with Gasteiger partial charge in [0.2, 0.25) is 0 Å². The average Bonchev–Trinajstić information content (AvgIpc) is 3.26. The molecule has 6 nitrogen and oxygen atoms in total. The summed E-state index contributed by atoms with van der Waals surface area (Å²) in [6.07, 6.45) is 3.24. The highest BCUT2D eigenvalue weighted by Gasteiger charge is 2.11. The number of nitrogens with zero attached hydrogens (tertiary/aromatic N) is 2. The first-order chi connectivity index (χ1) is 16.0. The molecule has 2 aromatic heterocycles. The fourth-order valence-corrected chi connectivity index (χ4v) is 4.72. The van der Waals surface area contributed by atoms with Gasteiger partial charge in [-0.2, -0.15) is 0 Å². The predicted octanol–water partition coefficient (Wildman–Crippen LogP) is 5.33. The van der Waals surface area contributed by atoms with Gasteiger partial charge in [-0.25, -0.2) is 9.97 Å². The Morgan fingerprint density at radius 2 is 1.97 bits per heavy atom. The maximum atomic E-state index is 10.9. The Kier molecular flexibility index (Phi) is 7.19. The van der Waals surface area contributed by atoms with Crippen LogP contribution in [-0.2, 0) is 24.1 Å². The van der Waals surface area contributed by atoms with Gasteiger partial charge >= 0.3 is 5.97 Å². The van der Waals surface area contributed by atoms with Gasteiger partial charge in [-0.3, -0.25) is 4.79 Å². The Balaban J connectivity index is 1.35. The fraction of sp³-hybridized carbons (Fsp3) is 0.269. The number of ether oxygens (including phenoxy) is 1. The molecule has 0 amide bonds. The average molecular weight is 462 g/mol. The lowest BCUT2D eigenvalue weighted by Crippen LogP contribution is -2.09. The number of fused-ring (bicyclic) bond motifs is 1. The third-order valence-electron chi connectivity index (χ3n) is 5.70. The lowest BCUT2D eigenvalue weighted by atomic mass is 9.95. The van der Waals surface area contributed by atoms with Crippen LogP contribution in [0.4, 0.5) is 5.82 Å². The highest BCUT2D eigenvalue weighted by atomic mass is 32.1. The predicted molar refractivity (Wildman–Crippen MR) is 133 cm³/mol. The second-order valence-corrected chi connectivity index (χ2v) is 9.06. The maximum absolute atomic E-state index is 10.9. The van der Waals surface area contributed by atoms with E-state index in [-0.39, 0.29) is 12.3 Å². The molecule has 2 heterocycles. The molecule has 4 aromatic rings. The van der Waals surface area contributed by atoms with Crippen LogP contribution in [0.15, 0.2) is 60.2 Å². The summed E-state index contributed by atoms with van der Waals surface area (Å²) in [5, 5.41) is 15.7. The zero-order valence-electron chi connectivity index (χ0n) is 18.7. The number of carboxylic acid groups (broad SMARTS) is 1. The number of thiophene rings is 1. The molecule has 0 aliphatic heterocycles. The number of hydrogen-bond acceptors (Lipinski definition) is 6. The molecule has 1 unspecified atom stereocenters. The zero-order chi connectivity index (χ0) is 23.2. The summed E-state index contributed by atoms with van der Waals surface area (Å²) < 4.78 is 6.81. The highest BCUT2D eigenvalue weighted by molar-refractivity contribution is 7.17. The van der Waals surface area contributed by atoms with E-state index >= 15 is 0 Å². The molecule has 2 N–H and O–H groups in total. The van der Waals surface area contributed by atoms with Gasteiger partial charge < -0.3 is 15.2 Å². The topological polar surface area (TPSA) is 84.3 Å². The highest BCUT2D eigenvalue weighted by Crippen LogP contribution is 2.30. The summed E-state index contributed by atoms with van der Waals surface area (Å²) in [4.78, 5) is 19.7. The molecule has 2 aromatic carbocycles. The van der Waals surface area contributed by atoms with E-state index in [0.29, 0.717) is 0 Å². The van der Waals surface area contributed by atoms with Crippen LogP contribution >= 0.6 is 11.3 Å². The normalized spacial score (nSPS) is 11.9. The number of carbonyl (C=O) groups is 1. The van der Waals surface area contributed by atoms with E-state index in [0.717, 1.165) is 47.8 Å². The molecule has 1 atom stereocenters. The van der Waals surface area contributed by atoms with Gasteiger partial charge in [-0.15, -0.1) is 11.3 Å². The summed E-state index contributed by atoms with van der Waals surface area (Å²) in [5.41, 5.74) is 4.10. The van der Waals surface area contributed by atoms with Gasteiger partial charge in [0.1, 0.15) is 17.9 Å². The Labute approximate surface area is 197 Å². The van der Waals surface area contributed by atoms with E-state index in [2.05, 4.69) is 45.8 Å². The van der Waals surface area contributed by atoms with Gasteiger partial charge in [0.15, 0.2) is 0 Å². The minimum absolute atomic E-state index is 0.0442.